The Bertz CT molecular complexity index is 489. The molecule has 0 fully saturated rings. The summed E-state index contributed by atoms with van der Waals surface area (Å²) in [6.45, 7) is 8.02. The number of nitrogens with one attached hydrogen (secondary N) is 2. The molecule has 4 nitrogen and oxygen atoms in total. The summed E-state index contributed by atoms with van der Waals surface area (Å²) in [5.74, 6) is -0.255. The lowest BCUT2D eigenvalue weighted by atomic mass is 9.87. The molecule has 0 heterocycles. The number of aliphatic hydroxyl groups is 1. The minimum Gasteiger partial charge on any atom is -0.393 e. The zero-order valence-corrected chi connectivity index (χ0v) is 13.8. The molecule has 0 aliphatic rings. The Hall–Kier alpha value is -1.62. The van der Waals surface area contributed by atoms with Crippen LogP contribution in [0.5, 0.6) is 0 Å². The van der Waals surface area contributed by atoms with Gasteiger partial charge in [-0.15, -0.1) is 0 Å². The van der Waals surface area contributed by atoms with Crippen molar-refractivity contribution in [3.8, 4) is 0 Å². The van der Waals surface area contributed by atoms with E-state index < -0.39 is 6.10 Å². The maximum Gasteiger partial charge on any atom is 0.315 e. The third kappa shape index (κ3) is 6.89. The van der Waals surface area contributed by atoms with Crippen molar-refractivity contribution >= 4 is 6.03 Å². The zero-order chi connectivity index (χ0) is 16.8. The molecule has 0 aliphatic carbocycles. The van der Waals surface area contributed by atoms with Crippen LogP contribution >= 0.6 is 0 Å². The highest BCUT2D eigenvalue weighted by Gasteiger charge is 2.21. The first kappa shape index (κ1) is 18.4. The van der Waals surface area contributed by atoms with Crippen molar-refractivity contribution in [1.29, 1.82) is 0 Å². The minimum atomic E-state index is -0.403. The summed E-state index contributed by atoms with van der Waals surface area (Å²) >= 11 is 0. The van der Waals surface area contributed by atoms with Gasteiger partial charge in [-0.1, -0.05) is 32.0 Å². The van der Waals surface area contributed by atoms with Crippen LogP contribution in [0.2, 0.25) is 0 Å². The van der Waals surface area contributed by atoms with E-state index in [0.717, 1.165) is 0 Å². The quantitative estimate of drug-likeness (QED) is 0.725. The van der Waals surface area contributed by atoms with Gasteiger partial charge in [-0.2, -0.15) is 0 Å². The number of aliphatic hydroxyl groups excluding tert-OH is 1. The predicted molar refractivity (Wildman–Crippen MR) is 86.2 cm³/mol. The van der Waals surface area contributed by atoms with Crippen LogP contribution < -0.4 is 10.6 Å². The predicted octanol–water partition coefficient (Wildman–Crippen LogP) is 2.85. The molecule has 1 aromatic carbocycles. The van der Waals surface area contributed by atoms with E-state index >= 15 is 0 Å². The molecule has 2 unspecified atom stereocenters. The third-order valence-electron chi connectivity index (χ3n) is 3.44. The minimum absolute atomic E-state index is 0.170. The van der Waals surface area contributed by atoms with Crippen molar-refractivity contribution in [2.24, 2.45) is 5.41 Å². The van der Waals surface area contributed by atoms with Crippen molar-refractivity contribution in [3.63, 3.8) is 0 Å². The van der Waals surface area contributed by atoms with Crippen LogP contribution in [0.3, 0.4) is 0 Å². The highest BCUT2D eigenvalue weighted by atomic mass is 19.1. The van der Waals surface area contributed by atoms with Gasteiger partial charge >= 0.3 is 6.03 Å². The molecule has 0 saturated carbocycles. The third-order valence-corrected chi connectivity index (χ3v) is 3.44. The first-order chi connectivity index (χ1) is 10.2. The molecular weight excluding hydrogens is 283 g/mol. The van der Waals surface area contributed by atoms with Crippen molar-refractivity contribution < 1.29 is 14.3 Å². The SMILES string of the molecule is CC(O)CC(C)(C)CNC(=O)NC(C)Cc1ccccc1F. The number of rotatable bonds is 7. The summed E-state index contributed by atoms with van der Waals surface area (Å²) in [7, 11) is 0. The average molecular weight is 310 g/mol. The van der Waals surface area contributed by atoms with Crippen LogP contribution in [0.25, 0.3) is 0 Å². The topological polar surface area (TPSA) is 61.4 Å². The lowest BCUT2D eigenvalue weighted by molar-refractivity contribution is 0.128. The van der Waals surface area contributed by atoms with E-state index in [9.17, 15) is 14.3 Å². The van der Waals surface area contributed by atoms with Crippen LogP contribution in [0, 0.1) is 11.2 Å². The van der Waals surface area contributed by atoms with Crippen LogP contribution in [-0.2, 0) is 6.42 Å². The fraction of sp³-hybridized carbons (Fsp3) is 0.588. The molecule has 1 rings (SSSR count). The smallest absolute Gasteiger partial charge is 0.315 e. The molecule has 0 radical (unpaired) electrons. The Morgan fingerprint density at radius 1 is 1.32 bits per heavy atom. The van der Waals surface area contributed by atoms with E-state index in [-0.39, 0.29) is 23.3 Å². The van der Waals surface area contributed by atoms with E-state index in [1.807, 2.05) is 20.8 Å². The molecule has 2 atom stereocenters. The van der Waals surface area contributed by atoms with E-state index in [4.69, 9.17) is 0 Å². The van der Waals surface area contributed by atoms with Crippen molar-refractivity contribution in [2.75, 3.05) is 6.54 Å². The summed E-state index contributed by atoms with van der Waals surface area (Å²) in [6, 6.07) is 6.12. The van der Waals surface area contributed by atoms with E-state index in [0.29, 0.717) is 24.9 Å². The van der Waals surface area contributed by atoms with Gasteiger partial charge in [0.25, 0.3) is 0 Å². The molecule has 5 heteroatoms. The molecule has 0 bridgehead atoms. The Labute approximate surface area is 132 Å². The standard InChI is InChI=1S/C17H27FN2O2/c1-12(9-14-7-5-6-8-15(14)18)20-16(22)19-11-17(3,4)10-13(2)21/h5-8,12-13,21H,9-11H2,1-4H3,(H2,19,20,22). The Balaban J connectivity index is 2.40. The van der Waals surface area contributed by atoms with Crippen LogP contribution in [0.4, 0.5) is 9.18 Å². The summed E-state index contributed by atoms with van der Waals surface area (Å²) in [6.07, 6.45) is 0.648. The fourth-order valence-electron chi connectivity index (χ4n) is 2.51. The summed E-state index contributed by atoms with van der Waals surface area (Å²) < 4.78 is 13.6. The highest BCUT2D eigenvalue weighted by Crippen LogP contribution is 2.20. The second-order valence-electron chi connectivity index (χ2n) is 6.74. The summed E-state index contributed by atoms with van der Waals surface area (Å²) in [5.41, 5.74) is 0.407. The largest absolute Gasteiger partial charge is 0.393 e. The molecule has 1 aromatic rings. The fourth-order valence-corrected chi connectivity index (χ4v) is 2.51. The number of urea groups is 1. The maximum atomic E-state index is 13.6. The average Bonchev–Trinajstić information content (AvgIpc) is 2.38. The first-order valence-electron chi connectivity index (χ1n) is 7.65. The van der Waals surface area contributed by atoms with Crippen molar-refractivity contribution in [1.82, 2.24) is 10.6 Å². The van der Waals surface area contributed by atoms with Crippen molar-refractivity contribution in [3.05, 3.63) is 35.6 Å². The van der Waals surface area contributed by atoms with E-state index in [1.165, 1.54) is 6.07 Å². The van der Waals surface area contributed by atoms with Gasteiger partial charge < -0.3 is 15.7 Å². The van der Waals surface area contributed by atoms with Gasteiger partial charge in [0.2, 0.25) is 0 Å². The zero-order valence-electron chi connectivity index (χ0n) is 13.8. The lowest BCUT2D eigenvalue weighted by Gasteiger charge is -2.27. The second kappa shape index (κ2) is 8.13. The van der Waals surface area contributed by atoms with Gasteiger partial charge in [0, 0.05) is 12.6 Å². The molecule has 0 aliphatic heterocycles. The van der Waals surface area contributed by atoms with Gasteiger partial charge in [-0.05, 0) is 43.7 Å². The maximum absolute atomic E-state index is 13.6. The molecule has 2 amide bonds. The summed E-state index contributed by atoms with van der Waals surface area (Å²) in [4.78, 5) is 11.9. The molecule has 22 heavy (non-hydrogen) atoms. The van der Waals surface area contributed by atoms with E-state index in [1.54, 1.807) is 25.1 Å². The molecule has 3 N–H and O–H groups in total. The van der Waals surface area contributed by atoms with Gasteiger partial charge in [0.05, 0.1) is 6.10 Å². The van der Waals surface area contributed by atoms with Crippen LogP contribution in [-0.4, -0.2) is 29.8 Å². The number of benzene rings is 1. The first-order valence-corrected chi connectivity index (χ1v) is 7.65. The van der Waals surface area contributed by atoms with E-state index in [2.05, 4.69) is 10.6 Å². The number of amides is 2. The number of carbonyl (C=O) groups excluding carboxylic acids is 1. The molecule has 0 spiro atoms. The Morgan fingerprint density at radius 3 is 2.55 bits per heavy atom. The van der Waals surface area contributed by atoms with Gasteiger partial charge in [-0.25, -0.2) is 9.18 Å². The normalized spacial score (nSPS) is 14.3. The highest BCUT2D eigenvalue weighted by molar-refractivity contribution is 5.74. The van der Waals surface area contributed by atoms with Gasteiger partial charge in [0.15, 0.2) is 0 Å². The van der Waals surface area contributed by atoms with Crippen LogP contribution in [0.15, 0.2) is 24.3 Å². The van der Waals surface area contributed by atoms with Gasteiger partial charge in [-0.3, -0.25) is 0 Å². The Morgan fingerprint density at radius 2 is 1.95 bits per heavy atom. The van der Waals surface area contributed by atoms with Crippen LogP contribution in [0.1, 0.15) is 39.7 Å². The molecule has 0 aromatic heterocycles. The number of halogens is 1. The van der Waals surface area contributed by atoms with Gasteiger partial charge in [0.1, 0.15) is 5.82 Å². The number of hydrogen-bond donors (Lipinski definition) is 3. The van der Waals surface area contributed by atoms with Crippen molar-refractivity contribution in [2.45, 2.75) is 52.7 Å². The monoisotopic (exact) mass is 310 g/mol. The molecular formula is C17H27FN2O2. The number of hydrogen-bond acceptors (Lipinski definition) is 2. The summed E-state index contributed by atoms with van der Waals surface area (Å²) in [5, 5.41) is 15.0. The number of carbonyl (C=O) groups is 1. The molecule has 124 valence electrons. The molecule has 0 saturated heterocycles. The Kier molecular flexibility index (Phi) is 6.81. The lowest BCUT2D eigenvalue weighted by Crippen LogP contribution is -2.45. The second-order valence-corrected chi connectivity index (χ2v) is 6.74.